The number of carbonyl (C=O) groups is 1. The first-order valence-electron chi connectivity index (χ1n) is 7.08. The number of nitrogens with one attached hydrogen (secondary N) is 1. The van der Waals surface area contributed by atoms with Gasteiger partial charge < -0.3 is 10.1 Å². The van der Waals surface area contributed by atoms with Crippen LogP contribution in [0.3, 0.4) is 0 Å². The highest BCUT2D eigenvalue weighted by Gasteiger charge is 2.22. The van der Waals surface area contributed by atoms with Crippen molar-refractivity contribution in [2.75, 3.05) is 11.9 Å². The van der Waals surface area contributed by atoms with Gasteiger partial charge >= 0.3 is 0 Å². The number of rotatable bonds is 5. The number of nitro groups is 1. The molecule has 0 unspecified atom stereocenters. The lowest BCUT2D eigenvalue weighted by Crippen LogP contribution is -2.15. The Kier molecular flexibility index (Phi) is 4.63. The van der Waals surface area contributed by atoms with Crippen LogP contribution in [-0.2, 0) is 7.05 Å². The van der Waals surface area contributed by atoms with Crippen molar-refractivity contribution in [3.8, 4) is 5.75 Å². The molecule has 0 atom stereocenters. The molecule has 1 amide bonds. The molecule has 0 saturated heterocycles. The highest BCUT2D eigenvalue weighted by Crippen LogP contribution is 2.30. The lowest BCUT2D eigenvalue weighted by Gasteiger charge is -2.08. The fourth-order valence-electron chi connectivity index (χ4n) is 2.31. The summed E-state index contributed by atoms with van der Waals surface area (Å²) >= 11 is 0. The Bertz CT molecular complexity index is 767. The predicted octanol–water partition coefficient (Wildman–Crippen LogP) is 2.60. The summed E-state index contributed by atoms with van der Waals surface area (Å²) in [6.07, 6.45) is 0. The van der Waals surface area contributed by atoms with Crippen LogP contribution in [0.15, 0.2) is 18.2 Å². The van der Waals surface area contributed by atoms with Gasteiger partial charge in [-0.15, -0.1) is 0 Å². The molecule has 1 heterocycles. The van der Waals surface area contributed by atoms with Gasteiger partial charge in [0, 0.05) is 12.7 Å². The van der Waals surface area contributed by atoms with Crippen molar-refractivity contribution in [2.24, 2.45) is 7.05 Å². The average molecular weight is 318 g/mol. The molecule has 0 bridgehead atoms. The number of hydrogen-bond acceptors (Lipinski definition) is 5. The molecule has 2 aromatic rings. The van der Waals surface area contributed by atoms with E-state index in [1.807, 2.05) is 0 Å². The fraction of sp³-hybridized carbons (Fsp3) is 0.333. The van der Waals surface area contributed by atoms with Gasteiger partial charge in [0.25, 0.3) is 11.6 Å². The molecule has 23 heavy (non-hydrogen) atoms. The predicted molar refractivity (Wildman–Crippen MR) is 84.9 cm³/mol. The van der Waals surface area contributed by atoms with Gasteiger partial charge in [-0.3, -0.25) is 19.6 Å². The molecule has 0 fully saturated rings. The number of amides is 1. The van der Waals surface area contributed by atoms with Crippen LogP contribution in [0.25, 0.3) is 0 Å². The molecule has 0 saturated carbocycles. The van der Waals surface area contributed by atoms with Gasteiger partial charge in [-0.1, -0.05) is 0 Å². The van der Waals surface area contributed by atoms with Crippen LogP contribution >= 0.6 is 0 Å². The molecule has 1 aromatic carbocycles. The highest BCUT2D eigenvalue weighted by molar-refractivity contribution is 6.06. The zero-order valence-electron chi connectivity index (χ0n) is 13.4. The summed E-state index contributed by atoms with van der Waals surface area (Å²) in [7, 11) is 1.73. The Morgan fingerprint density at radius 1 is 1.43 bits per heavy atom. The van der Waals surface area contributed by atoms with E-state index in [0.29, 0.717) is 29.3 Å². The van der Waals surface area contributed by atoms with E-state index in [4.69, 9.17) is 4.74 Å². The minimum Gasteiger partial charge on any atom is -0.494 e. The van der Waals surface area contributed by atoms with Crippen molar-refractivity contribution in [2.45, 2.75) is 20.8 Å². The van der Waals surface area contributed by atoms with E-state index in [2.05, 4.69) is 10.4 Å². The van der Waals surface area contributed by atoms with Crippen LogP contribution in [0.1, 0.15) is 28.7 Å². The van der Waals surface area contributed by atoms with E-state index in [-0.39, 0.29) is 11.4 Å². The summed E-state index contributed by atoms with van der Waals surface area (Å²) in [5.74, 6) is -0.0497. The second-order valence-corrected chi connectivity index (χ2v) is 4.99. The number of aryl methyl sites for hydroxylation is 2. The van der Waals surface area contributed by atoms with Crippen molar-refractivity contribution in [3.63, 3.8) is 0 Å². The maximum atomic E-state index is 12.4. The molecule has 0 radical (unpaired) electrons. The number of ether oxygens (including phenoxy) is 1. The van der Waals surface area contributed by atoms with Crippen LogP contribution in [-0.4, -0.2) is 27.2 Å². The number of anilines is 1. The molecule has 0 aliphatic carbocycles. The lowest BCUT2D eigenvalue weighted by molar-refractivity contribution is -0.384. The number of nitro benzene ring substituents is 1. The molecular formula is C15H18N4O4. The number of aromatic nitrogens is 2. The fourth-order valence-corrected chi connectivity index (χ4v) is 2.31. The second kappa shape index (κ2) is 6.47. The van der Waals surface area contributed by atoms with E-state index in [0.717, 1.165) is 0 Å². The zero-order valence-corrected chi connectivity index (χ0v) is 13.4. The van der Waals surface area contributed by atoms with E-state index in [9.17, 15) is 14.9 Å². The maximum Gasteiger partial charge on any atom is 0.296 e. The van der Waals surface area contributed by atoms with Gasteiger partial charge in [-0.2, -0.15) is 5.10 Å². The minimum atomic E-state index is -0.554. The number of carbonyl (C=O) groups excluding carboxylic acids is 1. The monoisotopic (exact) mass is 318 g/mol. The van der Waals surface area contributed by atoms with Crippen molar-refractivity contribution in [1.82, 2.24) is 9.78 Å². The Balaban J connectivity index is 2.35. The van der Waals surface area contributed by atoms with Crippen molar-refractivity contribution < 1.29 is 14.5 Å². The highest BCUT2D eigenvalue weighted by atomic mass is 16.6. The standard InChI is InChI=1S/C15H18N4O4/c1-5-23-11-6-7-12(13(8-11)19(21)22)16-15(20)14-9(2)17-18(4)10(14)3/h6-8H,5H2,1-4H3,(H,16,20). The number of nitrogens with zero attached hydrogens (tertiary/aromatic N) is 3. The first kappa shape index (κ1) is 16.5. The van der Waals surface area contributed by atoms with Gasteiger partial charge in [-0.05, 0) is 32.9 Å². The SMILES string of the molecule is CCOc1ccc(NC(=O)c2c(C)nn(C)c2C)c([N+](=O)[O-])c1. The smallest absolute Gasteiger partial charge is 0.296 e. The molecule has 0 aliphatic rings. The maximum absolute atomic E-state index is 12.4. The Morgan fingerprint density at radius 3 is 2.65 bits per heavy atom. The van der Waals surface area contributed by atoms with Crippen LogP contribution in [0.4, 0.5) is 11.4 Å². The van der Waals surface area contributed by atoms with Crippen LogP contribution in [0.2, 0.25) is 0 Å². The normalized spacial score (nSPS) is 10.4. The summed E-state index contributed by atoms with van der Waals surface area (Å²) < 4.78 is 6.85. The van der Waals surface area contributed by atoms with Crippen LogP contribution < -0.4 is 10.1 Å². The molecule has 0 spiro atoms. The van der Waals surface area contributed by atoms with Crippen molar-refractivity contribution in [3.05, 3.63) is 45.3 Å². The quantitative estimate of drug-likeness (QED) is 0.674. The summed E-state index contributed by atoms with van der Waals surface area (Å²) in [6, 6.07) is 4.33. The molecule has 8 nitrogen and oxygen atoms in total. The van der Waals surface area contributed by atoms with Crippen molar-refractivity contribution >= 4 is 17.3 Å². The van der Waals surface area contributed by atoms with E-state index >= 15 is 0 Å². The van der Waals surface area contributed by atoms with Gasteiger partial charge in [-0.25, -0.2) is 0 Å². The number of hydrogen-bond donors (Lipinski definition) is 1. The minimum absolute atomic E-state index is 0.117. The molecule has 0 aliphatic heterocycles. The summed E-state index contributed by atoms with van der Waals surface area (Å²) in [6.45, 7) is 5.67. The molecule has 122 valence electrons. The lowest BCUT2D eigenvalue weighted by atomic mass is 10.1. The molecular weight excluding hydrogens is 300 g/mol. The van der Waals surface area contributed by atoms with Gasteiger partial charge in [0.15, 0.2) is 0 Å². The van der Waals surface area contributed by atoms with Gasteiger partial charge in [0.05, 0.1) is 28.9 Å². The zero-order chi connectivity index (χ0) is 17.1. The van der Waals surface area contributed by atoms with Gasteiger partial charge in [0.2, 0.25) is 0 Å². The number of benzene rings is 1. The molecule has 1 N–H and O–H groups in total. The van der Waals surface area contributed by atoms with Crippen LogP contribution in [0.5, 0.6) is 5.75 Å². The summed E-state index contributed by atoms with van der Waals surface area (Å²) in [5, 5.41) is 18.0. The van der Waals surface area contributed by atoms with Gasteiger partial charge in [0.1, 0.15) is 11.4 Å². The molecule has 2 rings (SSSR count). The third kappa shape index (κ3) is 3.31. The Labute approximate surface area is 133 Å². The molecule has 8 heteroatoms. The van der Waals surface area contributed by atoms with E-state index in [1.165, 1.54) is 12.1 Å². The molecule has 1 aromatic heterocycles. The third-order valence-corrected chi connectivity index (χ3v) is 3.46. The average Bonchev–Trinajstić information content (AvgIpc) is 2.73. The third-order valence-electron chi connectivity index (χ3n) is 3.46. The van der Waals surface area contributed by atoms with Crippen LogP contribution in [0, 0.1) is 24.0 Å². The summed E-state index contributed by atoms with van der Waals surface area (Å²) in [5.41, 5.74) is 1.56. The first-order valence-corrected chi connectivity index (χ1v) is 7.08. The topological polar surface area (TPSA) is 99.3 Å². The Hall–Kier alpha value is -2.90. The van der Waals surface area contributed by atoms with Crippen molar-refractivity contribution in [1.29, 1.82) is 0 Å². The first-order chi connectivity index (χ1) is 10.8. The van der Waals surface area contributed by atoms with E-state index < -0.39 is 10.8 Å². The Morgan fingerprint density at radius 2 is 2.13 bits per heavy atom. The van der Waals surface area contributed by atoms with E-state index in [1.54, 1.807) is 38.6 Å². The second-order valence-electron chi connectivity index (χ2n) is 4.99. The largest absolute Gasteiger partial charge is 0.494 e. The summed E-state index contributed by atoms with van der Waals surface area (Å²) in [4.78, 5) is 23.1.